The average molecular weight is 368 g/mol. The standard InChI is InChI=1S/C20H24N4O3/c1-15(2)27-17-8-6-16(7-9-17)22-19(25)20(26)24-13-11-23(12-14-24)18-5-3-4-10-21-18/h3-10,15H,11-14H2,1-2H3,(H,22,25). The first-order chi connectivity index (χ1) is 13.0. The zero-order chi connectivity index (χ0) is 19.2. The Hall–Kier alpha value is -3.09. The van der Waals surface area contributed by atoms with E-state index in [4.69, 9.17) is 4.74 Å². The average Bonchev–Trinajstić information content (AvgIpc) is 2.69. The molecule has 1 aliphatic rings. The number of hydrogen-bond donors (Lipinski definition) is 1. The lowest BCUT2D eigenvalue weighted by Crippen LogP contribution is -2.51. The predicted molar refractivity (Wildman–Crippen MR) is 104 cm³/mol. The molecule has 2 heterocycles. The van der Waals surface area contributed by atoms with Crippen LogP contribution in [0.5, 0.6) is 5.75 Å². The molecule has 0 bridgehead atoms. The van der Waals surface area contributed by atoms with Crippen LogP contribution in [-0.2, 0) is 9.59 Å². The van der Waals surface area contributed by atoms with Crippen molar-refractivity contribution in [1.29, 1.82) is 0 Å². The molecule has 1 N–H and O–H groups in total. The molecule has 1 fully saturated rings. The molecule has 1 aromatic heterocycles. The number of amides is 2. The van der Waals surface area contributed by atoms with Crippen molar-refractivity contribution in [2.45, 2.75) is 20.0 Å². The molecule has 1 aromatic carbocycles. The zero-order valence-electron chi connectivity index (χ0n) is 15.6. The number of carbonyl (C=O) groups excluding carboxylic acids is 2. The third-order valence-electron chi connectivity index (χ3n) is 4.22. The van der Waals surface area contributed by atoms with E-state index >= 15 is 0 Å². The van der Waals surface area contributed by atoms with E-state index in [0.717, 1.165) is 11.6 Å². The van der Waals surface area contributed by atoms with E-state index in [0.29, 0.717) is 31.9 Å². The second kappa shape index (κ2) is 8.53. The Kier molecular flexibility index (Phi) is 5.90. The lowest BCUT2D eigenvalue weighted by molar-refractivity contribution is -0.143. The minimum atomic E-state index is -0.626. The first kappa shape index (κ1) is 18.7. The van der Waals surface area contributed by atoms with Gasteiger partial charge in [0.15, 0.2) is 0 Å². The number of hydrogen-bond acceptors (Lipinski definition) is 5. The third kappa shape index (κ3) is 4.97. The summed E-state index contributed by atoms with van der Waals surface area (Å²) in [7, 11) is 0. The van der Waals surface area contributed by atoms with Crippen molar-refractivity contribution in [1.82, 2.24) is 9.88 Å². The van der Waals surface area contributed by atoms with Crippen LogP contribution < -0.4 is 15.0 Å². The molecule has 7 heteroatoms. The van der Waals surface area contributed by atoms with Gasteiger partial charge >= 0.3 is 11.8 Å². The number of anilines is 2. The van der Waals surface area contributed by atoms with Crippen LogP contribution in [0.4, 0.5) is 11.5 Å². The lowest BCUT2D eigenvalue weighted by Gasteiger charge is -2.34. The van der Waals surface area contributed by atoms with E-state index in [1.54, 1.807) is 35.4 Å². The maximum absolute atomic E-state index is 12.4. The summed E-state index contributed by atoms with van der Waals surface area (Å²) in [4.78, 5) is 32.7. The fourth-order valence-corrected chi connectivity index (χ4v) is 2.90. The first-order valence-electron chi connectivity index (χ1n) is 9.06. The monoisotopic (exact) mass is 368 g/mol. The molecular formula is C20H24N4O3. The fraction of sp³-hybridized carbons (Fsp3) is 0.350. The van der Waals surface area contributed by atoms with Gasteiger partial charge < -0.3 is 19.9 Å². The molecule has 27 heavy (non-hydrogen) atoms. The summed E-state index contributed by atoms with van der Waals surface area (Å²) in [5, 5.41) is 2.65. The van der Waals surface area contributed by atoms with E-state index in [-0.39, 0.29) is 6.10 Å². The van der Waals surface area contributed by atoms with Crippen molar-refractivity contribution in [3.8, 4) is 5.75 Å². The van der Waals surface area contributed by atoms with E-state index < -0.39 is 11.8 Å². The highest BCUT2D eigenvalue weighted by Crippen LogP contribution is 2.17. The zero-order valence-corrected chi connectivity index (χ0v) is 15.6. The van der Waals surface area contributed by atoms with Crippen LogP contribution in [0.1, 0.15) is 13.8 Å². The number of aromatic nitrogens is 1. The highest BCUT2D eigenvalue weighted by atomic mass is 16.5. The predicted octanol–water partition coefficient (Wildman–Crippen LogP) is 2.16. The van der Waals surface area contributed by atoms with Gasteiger partial charge in [-0.05, 0) is 50.2 Å². The summed E-state index contributed by atoms with van der Waals surface area (Å²) in [6, 6.07) is 12.7. The Morgan fingerprint density at radius 2 is 1.74 bits per heavy atom. The van der Waals surface area contributed by atoms with Gasteiger partial charge in [-0.1, -0.05) is 6.07 Å². The van der Waals surface area contributed by atoms with E-state index in [1.165, 1.54) is 0 Å². The number of carbonyl (C=O) groups is 2. The highest BCUT2D eigenvalue weighted by Gasteiger charge is 2.26. The van der Waals surface area contributed by atoms with Gasteiger partial charge in [-0.2, -0.15) is 0 Å². The molecular weight excluding hydrogens is 344 g/mol. The van der Waals surface area contributed by atoms with Crippen molar-refractivity contribution in [2.75, 3.05) is 36.4 Å². The van der Waals surface area contributed by atoms with Crippen molar-refractivity contribution in [2.24, 2.45) is 0 Å². The van der Waals surface area contributed by atoms with Gasteiger partial charge in [0.25, 0.3) is 0 Å². The lowest BCUT2D eigenvalue weighted by atomic mass is 10.2. The summed E-state index contributed by atoms with van der Waals surface area (Å²) < 4.78 is 5.57. The Balaban J connectivity index is 1.51. The molecule has 0 saturated carbocycles. The van der Waals surface area contributed by atoms with E-state index in [9.17, 15) is 9.59 Å². The van der Waals surface area contributed by atoms with E-state index in [2.05, 4.69) is 15.2 Å². The van der Waals surface area contributed by atoms with Gasteiger partial charge in [0.2, 0.25) is 0 Å². The number of nitrogens with zero attached hydrogens (tertiary/aromatic N) is 3. The van der Waals surface area contributed by atoms with Crippen molar-refractivity contribution in [3.63, 3.8) is 0 Å². The van der Waals surface area contributed by atoms with Gasteiger partial charge in [-0.25, -0.2) is 4.98 Å². The molecule has 0 atom stereocenters. The minimum absolute atomic E-state index is 0.0803. The molecule has 0 aliphatic carbocycles. The molecule has 3 rings (SSSR count). The van der Waals surface area contributed by atoms with E-state index in [1.807, 2.05) is 32.0 Å². The van der Waals surface area contributed by atoms with Crippen LogP contribution in [0.25, 0.3) is 0 Å². The first-order valence-corrected chi connectivity index (χ1v) is 9.06. The van der Waals surface area contributed by atoms with Crippen LogP contribution in [-0.4, -0.2) is 54.0 Å². The second-order valence-corrected chi connectivity index (χ2v) is 6.61. The third-order valence-corrected chi connectivity index (χ3v) is 4.22. The van der Waals surface area contributed by atoms with Gasteiger partial charge in [0, 0.05) is 38.1 Å². The van der Waals surface area contributed by atoms with Crippen LogP contribution >= 0.6 is 0 Å². The molecule has 0 spiro atoms. The van der Waals surface area contributed by atoms with Crippen molar-refractivity contribution in [3.05, 3.63) is 48.7 Å². The Labute approximate surface area is 158 Å². The Bertz CT molecular complexity index is 770. The molecule has 0 radical (unpaired) electrons. The summed E-state index contributed by atoms with van der Waals surface area (Å²) in [5.41, 5.74) is 0.566. The maximum atomic E-state index is 12.4. The summed E-state index contributed by atoms with van der Waals surface area (Å²) in [5.74, 6) is 0.467. The second-order valence-electron chi connectivity index (χ2n) is 6.61. The minimum Gasteiger partial charge on any atom is -0.491 e. The topological polar surface area (TPSA) is 74.8 Å². The van der Waals surface area contributed by atoms with Crippen LogP contribution in [0.2, 0.25) is 0 Å². The largest absolute Gasteiger partial charge is 0.491 e. The van der Waals surface area contributed by atoms with Crippen LogP contribution in [0.15, 0.2) is 48.7 Å². The molecule has 1 saturated heterocycles. The van der Waals surface area contributed by atoms with Gasteiger partial charge in [-0.15, -0.1) is 0 Å². The summed E-state index contributed by atoms with van der Waals surface area (Å²) in [6.07, 6.45) is 1.83. The van der Waals surface area contributed by atoms with Crippen molar-refractivity contribution < 1.29 is 14.3 Å². The molecule has 2 aromatic rings. The Morgan fingerprint density at radius 1 is 1.04 bits per heavy atom. The number of rotatable bonds is 4. The van der Waals surface area contributed by atoms with Gasteiger partial charge in [-0.3, -0.25) is 9.59 Å². The molecule has 142 valence electrons. The van der Waals surface area contributed by atoms with Crippen LogP contribution in [0, 0.1) is 0 Å². The van der Waals surface area contributed by atoms with Crippen molar-refractivity contribution >= 4 is 23.3 Å². The number of pyridine rings is 1. The highest BCUT2D eigenvalue weighted by molar-refractivity contribution is 6.39. The molecule has 1 aliphatic heterocycles. The number of benzene rings is 1. The number of nitrogens with one attached hydrogen (secondary N) is 1. The SMILES string of the molecule is CC(C)Oc1ccc(NC(=O)C(=O)N2CCN(c3ccccn3)CC2)cc1. The molecule has 0 unspecified atom stereocenters. The maximum Gasteiger partial charge on any atom is 0.313 e. The van der Waals surface area contributed by atoms with Gasteiger partial charge in [0.05, 0.1) is 6.10 Å². The fourth-order valence-electron chi connectivity index (χ4n) is 2.90. The smallest absolute Gasteiger partial charge is 0.313 e. The Morgan fingerprint density at radius 3 is 2.33 bits per heavy atom. The number of piperazine rings is 1. The summed E-state index contributed by atoms with van der Waals surface area (Å²) >= 11 is 0. The summed E-state index contributed by atoms with van der Waals surface area (Å²) in [6.45, 7) is 6.17. The molecule has 7 nitrogen and oxygen atoms in total. The van der Waals surface area contributed by atoms with Crippen LogP contribution in [0.3, 0.4) is 0 Å². The quantitative estimate of drug-likeness (QED) is 0.837. The van der Waals surface area contributed by atoms with Gasteiger partial charge in [0.1, 0.15) is 11.6 Å². The normalized spacial score (nSPS) is 14.2. The molecule has 2 amide bonds. The number of ether oxygens (including phenoxy) is 1.